The van der Waals surface area contributed by atoms with Gasteiger partial charge >= 0.3 is 5.97 Å². The predicted molar refractivity (Wildman–Crippen MR) is 110 cm³/mol. The molecule has 3 rings (SSSR count). The topological polar surface area (TPSA) is 132 Å². The number of hydrogen-bond acceptors (Lipinski definition) is 9. The number of sulfonamides is 1. The van der Waals surface area contributed by atoms with Crippen molar-refractivity contribution in [3.05, 3.63) is 51.6 Å². The number of thiophene rings is 1. The number of carbonyl (C=O) groups is 1. The fourth-order valence-corrected chi connectivity index (χ4v) is 4.56. The molecule has 160 valence electrons. The van der Waals surface area contributed by atoms with Crippen LogP contribution >= 0.6 is 34.5 Å². The van der Waals surface area contributed by atoms with E-state index in [1.807, 2.05) is 11.4 Å². The standard InChI is InChI=1S/C17H15Cl2N3O6S2/c1-9(23)15(22-30(25,26)10-4-5-11(18)12(19)7-10)17(24)27-8-14-20-16(21-28-14)13-3-2-6-29-13/h2-7,9,15,22-23H,8H2,1H3. The Bertz CT molecular complexity index is 1130. The van der Waals surface area contributed by atoms with Crippen molar-refractivity contribution in [2.75, 3.05) is 0 Å². The number of nitrogens with zero attached hydrogens (tertiary/aromatic N) is 2. The van der Waals surface area contributed by atoms with Crippen molar-refractivity contribution in [1.82, 2.24) is 14.9 Å². The van der Waals surface area contributed by atoms with Crippen molar-refractivity contribution in [2.24, 2.45) is 0 Å². The molecule has 1 aromatic carbocycles. The number of esters is 1. The Morgan fingerprint density at radius 1 is 1.33 bits per heavy atom. The van der Waals surface area contributed by atoms with Crippen molar-refractivity contribution in [3.63, 3.8) is 0 Å². The van der Waals surface area contributed by atoms with E-state index >= 15 is 0 Å². The number of halogens is 2. The zero-order chi connectivity index (χ0) is 21.9. The Morgan fingerprint density at radius 2 is 2.10 bits per heavy atom. The monoisotopic (exact) mass is 491 g/mol. The number of aromatic nitrogens is 2. The number of carbonyl (C=O) groups excluding carboxylic acids is 1. The maximum Gasteiger partial charge on any atom is 0.327 e. The lowest BCUT2D eigenvalue weighted by molar-refractivity contribution is -0.150. The predicted octanol–water partition coefficient (Wildman–Crippen LogP) is 2.88. The fourth-order valence-electron chi connectivity index (χ4n) is 2.26. The molecule has 9 nitrogen and oxygen atoms in total. The number of aliphatic hydroxyl groups excluding tert-OH is 1. The molecule has 30 heavy (non-hydrogen) atoms. The smallest absolute Gasteiger partial charge is 0.327 e. The van der Waals surface area contributed by atoms with Crippen LogP contribution in [-0.4, -0.2) is 41.8 Å². The molecule has 0 fully saturated rings. The zero-order valence-electron chi connectivity index (χ0n) is 15.3. The third-order valence-corrected chi connectivity index (χ3v) is 6.81. The molecule has 2 N–H and O–H groups in total. The first-order valence-corrected chi connectivity index (χ1v) is 11.5. The molecule has 0 radical (unpaired) electrons. The summed E-state index contributed by atoms with van der Waals surface area (Å²) in [5.74, 6) is -0.670. The van der Waals surface area contributed by atoms with E-state index in [4.69, 9.17) is 32.5 Å². The largest absolute Gasteiger partial charge is 0.454 e. The summed E-state index contributed by atoms with van der Waals surface area (Å²) in [5, 5.41) is 15.7. The summed E-state index contributed by atoms with van der Waals surface area (Å²) in [7, 11) is -4.20. The van der Waals surface area contributed by atoms with Gasteiger partial charge in [-0.25, -0.2) is 8.42 Å². The highest BCUT2D eigenvalue weighted by Crippen LogP contribution is 2.25. The Balaban J connectivity index is 1.68. The van der Waals surface area contributed by atoms with E-state index in [1.165, 1.54) is 30.4 Å². The maximum absolute atomic E-state index is 12.6. The Hall–Kier alpha value is -2.02. The number of ether oxygens (including phenoxy) is 1. The summed E-state index contributed by atoms with van der Waals surface area (Å²) in [6.45, 7) is 0.847. The molecule has 0 bridgehead atoms. The molecule has 3 aromatic rings. The van der Waals surface area contributed by atoms with Gasteiger partial charge < -0.3 is 14.4 Å². The normalized spacial score (nSPS) is 13.7. The minimum absolute atomic E-state index is 0.0171. The van der Waals surface area contributed by atoms with Crippen LogP contribution in [0.2, 0.25) is 10.0 Å². The molecule has 0 saturated carbocycles. The van der Waals surface area contributed by atoms with Crippen molar-refractivity contribution in [3.8, 4) is 10.7 Å². The van der Waals surface area contributed by atoms with Crippen molar-refractivity contribution < 1.29 is 27.6 Å². The van der Waals surface area contributed by atoms with Gasteiger partial charge in [-0.05, 0) is 36.6 Å². The second kappa shape index (κ2) is 9.41. The average molecular weight is 492 g/mol. The van der Waals surface area contributed by atoms with Gasteiger partial charge in [-0.2, -0.15) is 9.71 Å². The summed E-state index contributed by atoms with van der Waals surface area (Å²) in [6, 6.07) is 5.68. The van der Waals surface area contributed by atoms with Crippen LogP contribution in [0.1, 0.15) is 12.8 Å². The molecular formula is C17H15Cl2N3O6S2. The second-order valence-corrected chi connectivity index (χ2v) is 9.49. The molecule has 0 aliphatic carbocycles. The van der Waals surface area contributed by atoms with Crippen LogP contribution in [0.25, 0.3) is 10.7 Å². The minimum Gasteiger partial charge on any atom is -0.454 e. The van der Waals surface area contributed by atoms with Gasteiger partial charge in [0.25, 0.3) is 5.89 Å². The van der Waals surface area contributed by atoms with Gasteiger partial charge in [0, 0.05) is 0 Å². The molecule has 0 spiro atoms. The summed E-state index contributed by atoms with van der Waals surface area (Å²) in [4.78, 5) is 17.0. The van der Waals surface area contributed by atoms with Gasteiger partial charge in [-0.3, -0.25) is 4.79 Å². The maximum atomic E-state index is 12.6. The molecule has 2 aromatic heterocycles. The highest BCUT2D eigenvalue weighted by molar-refractivity contribution is 7.89. The number of rotatable bonds is 8. The fraction of sp³-hybridized carbons (Fsp3) is 0.235. The van der Waals surface area contributed by atoms with E-state index in [0.29, 0.717) is 5.82 Å². The van der Waals surface area contributed by atoms with Crippen LogP contribution in [0.5, 0.6) is 0 Å². The molecule has 2 atom stereocenters. The molecule has 0 aliphatic heterocycles. The van der Waals surface area contributed by atoms with E-state index in [0.717, 1.165) is 10.9 Å². The molecule has 0 aliphatic rings. The van der Waals surface area contributed by atoms with Crippen molar-refractivity contribution in [2.45, 2.75) is 30.6 Å². The van der Waals surface area contributed by atoms with E-state index in [-0.39, 0.29) is 20.8 Å². The van der Waals surface area contributed by atoms with Gasteiger partial charge in [-0.15, -0.1) is 11.3 Å². The molecule has 13 heteroatoms. The van der Waals surface area contributed by atoms with Crippen LogP contribution in [0.3, 0.4) is 0 Å². The quantitative estimate of drug-likeness (QED) is 0.459. The summed E-state index contributed by atoms with van der Waals surface area (Å²) in [5.41, 5.74) is 0. The first-order chi connectivity index (χ1) is 14.2. The van der Waals surface area contributed by atoms with Crippen LogP contribution in [0.4, 0.5) is 0 Å². The summed E-state index contributed by atoms with van der Waals surface area (Å²) >= 11 is 13.0. The average Bonchev–Trinajstić information content (AvgIpc) is 3.37. The van der Waals surface area contributed by atoms with E-state index in [2.05, 4.69) is 14.9 Å². The number of nitrogens with one attached hydrogen (secondary N) is 1. The van der Waals surface area contributed by atoms with Gasteiger partial charge in [0.05, 0.1) is 25.9 Å². The molecule has 0 saturated heterocycles. The highest BCUT2D eigenvalue weighted by Gasteiger charge is 2.31. The zero-order valence-corrected chi connectivity index (χ0v) is 18.4. The SMILES string of the molecule is CC(O)C(NS(=O)(=O)c1ccc(Cl)c(Cl)c1)C(=O)OCc1nc(-c2cccs2)no1. The third kappa shape index (κ3) is 5.36. The Labute approximate surface area is 185 Å². The molecule has 0 amide bonds. The first kappa shape index (κ1) is 22.7. The highest BCUT2D eigenvalue weighted by atomic mass is 35.5. The van der Waals surface area contributed by atoms with Crippen molar-refractivity contribution in [1.29, 1.82) is 0 Å². The van der Waals surface area contributed by atoms with Crippen molar-refractivity contribution >= 4 is 50.5 Å². The minimum atomic E-state index is -4.20. The lowest BCUT2D eigenvalue weighted by Gasteiger charge is -2.19. The van der Waals surface area contributed by atoms with Crippen LogP contribution in [0, 0.1) is 0 Å². The summed E-state index contributed by atoms with van der Waals surface area (Å²) < 4.78 is 37.3. The van der Waals surface area contributed by atoms with Crippen LogP contribution in [0.15, 0.2) is 45.1 Å². The van der Waals surface area contributed by atoms with E-state index < -0.39 is 34.7 Å². The van der Waals surface area contributed by atoms with Gasteiger partial charge in [0.2, 0.25) is 15.8 Å². The molecular weight excluding hydrogens is 477 g/mol. The lowest BCUT2D eigenvalue weighted by Crippen LogP contribution is -2.48. The molecule has 2 heterocycles. The number of benzene rings is 1. The van der Waals surface area contributed by atoms with E-state index in [1.54, 1.807) is 6.07 Å². The van der Waals surface area contributed by atoms with Gasteiger partial charge in [0.15, 0.2) is 6.61 Å². The number of aliphatic hydroxyl groups is 1. The Morgan fingerprint density at radius 3 is 2.73 bits per heavy atom. The van der Waals surface area contributed by atoms with E-state index in [9.17, 15) is 18.3 Å². The Kier molecular flexibility index (Phi) is 7.11. The summed E-state index contributed by atoms with van der Waals surface area (Å²) in [6.07, 6.45) is -1.39. The first-order valence-electron chi connectivity index (χ1n) is 8.36. The second-order valence-electron chi connectivity index (χ2n) is 6.01. The number of hydrogen-bond donors (Lipinski definition) is 2. The molecule has 2 unspecified atom stereocenters. The van der Waals surface area contributed by atoms with Crippen LogP contribution < -0.4 is 4.72 Å². The lowest BCUT2D eigenvalue weighted by atomic mass is 10.2. The van der Waals surface area contributed by atoms with Crippen LogP contribution in [-0.2, 0) is 26.2 Å². The van der Waals surface area contributed by atoms with Gasteiger partial charge in [-0.1, -0.05) is 34.4 Å². The third-order valence-electron chi connectivity index (χ3n) is 3.77. The van der Waals surface area contributed by atoms with Gasteiger partial charge in [0.1, 0.15) is 6.04 Å².